The second kappa shape index (κ2) is 8.93. The third-order valence-electron chi connectivity index (χ3n) is 4.68. The highest BCUT2D eigenvalue weighted by Gasteiger charge is 2.31. The van der Waals surface area contributed by atoms with E-state index < -0.39 is 21.9 Å². The summed E-state index contributed by atoms with van der Waals surface area (Å²) in [7, 11) is -1.15. The molecular weight excluding hydrogens is 429 g/mol. The van der Waals surface area contributed by atoms with Crippen LogP contribution in [-0.4, -0.2) is 22.6 Å². The summed E-state index contributed by atoms with van der Waals surface area (Å²) in [5.41, 5.74) is 1.06. The molecule has 1 atom stereocenters. The predicted octanol–water partition coefficient (Wildman–Crippen LogP) is 5.45. The van der Waals surface area contributed by atoms with Crippen LogP contribution in [0.1, 0.15) is 18.5 Å². The van der Waals surface area contributed by atoms with E-state index in [1.807, 2.05) is 0 Å². The van der Waals surface area contributed by atoms with E-state index in [-0.39, 0.29) is 4.90 Å². The molecule has 30 heavy (non-hydrogen) atoms. The van der Waals surface area contributed by atoms with Gasteiger partial charge in [-0.3, -0.25) is 4.31 Å². The molecule has 0 amide bonds. The van der Waals surface area contributed by atoms with Crippen molar-refractivity contribution in [3.8, 4) is 11.5 Å². The van der Waals surface area contributed by atoms with Crippen LogP contribution < -0.4 is 13.8 Å². The second-order valence-electron chi connectivity index (χ2n) is 6.53. The van der Waals surface area contributed by atoms with Gasteiger partial charge in [0.15, 0.2) is 11.5 Å². The van der Waals surface area contributed by atoms with E-state index in [1.54, 1.807) is 49.4 Å². The Labute approximate surface area is 180 Å². The molecule has 3 rings (SSSR count). The minimum atomic E-state index is -4.11. The SMILES string of the molecule is COc1ccc(N(C(C)c2ccc(Cl)cc2)S(=O)(=O)c2cccc(F)c2)cc1OC. The number of sulfonamides is 1. The highest BCUT2D eigenvalue weighted by Crippen LogP contribution is 2.38. The Hall–Kier alpha value is -2.77. The number of ether oxygens (including phenoxy) is 2. The molecule has 3 aromatic rings. The molecule has 0 heterocycles. The molecule has 3 aromatic carbocycles. The minimum Gasteiger partial charge on any atom is -0.493 e. The van der Waals surface area contributed by atoms with E-state index in [4.69, 9.17) is 21.1 Å². The zero-order valence-electron chi connectivity index (χ0n) is 16.7. The van der Waals surface area contributed by atoms with Crippen LogP contribution in [0.4, 0.5) is 10.1 Å². The van der Waals surface area contributed by atoms with Gasteiger partial charge in [-0.2, -0.15) is 0 Å². The zero-order chi connectivity index (χ0) is 21.9. The molecule has 0 aliphatic carbocycles. The topological polar surface area (TPSA) is 55.8 Å². The third-order valence-corrected chi connectivity index (χ3v) is 6.83. The van der Waals surface area contributed by atoms with Gasteiger partial charge < -0.3 is 9.47 Å². The number of hydrogen-bond donors (Lipinski definition) is 0. The van der Waals surface area contributed by atoms with Crippen molar-refractivity contribution in [3.63, 3.8) is 0 Å². The molecule has 0 aliphatic heterocycles. The van der Waals surface area contributed by atoms with Crippen LogP contribution in [0.3, 0.4) is 0 Å². The maximum atomic E-state index is 13.8. The molecule has 0 fully saturated rings. The van der Waals surface area contributed by atoms with Crippen molar-refractivity contribution in [1.82, 2.24) is 0 Å². The summed E-state index contributed by atoms with van der Waals surface area (Å²) in [6.45, 7) is 1.75. The summed E-state index contributed by atoms with van der Waals surface area (Å²) >= 11 is 5.99. The van der Waals surface area contributed by atoms with E-state index in [9.17, 15) is 12.8 Å². The largest absolute Gasteiger partial charge is 0.493 e. The molecule has 0 N–H and O–H groups in total. The van der Waals surface area contributed by atoms with Crippen LogP contribution in [-0.2, 0) is 10.0 Å². The first-order chi connectivity index (χ1) is 14.3. The zero-order valence-corrected chi connectivity index (χ0v) is 18.2. The van der Waals surface area contributed by atoms with Gasteiger partial charge in [0.25, 0.3) is 10.0 Å². The summed E-state index contributed by atoms with van der Waals surface area (Å²) in [6, 6.07) is 16.0. The van der Waals surface area contributed by atoms with Crippen LogP contribution in [0.5, 0.6) is 11.5 Å². The highest BCUT2D eigenvalue weighted by molar-refractivity contribution is 7.92. The monoisotopic (exact) mass is 449 g/mol. The van der Waals surface area contributed by atoms with Gasteiger partial charge in [-0.15, -0.1) is 0 Å². The Morgan fingerprint density at radius 2 is 1.60 bits per heavy atom. The van der Waals surface area contributed by atoms with Crippen molar-refractivity contribution in [2.45, 2.75) is 17.9 Å². The first-order valence-electron chi connectivity index (χ1n) is 9.05. The molecule has 0 bridgehead atoms. The molecule has 5 nitrogen and oxygen atoms in total. The molecule has 0 aromatic heterocycles. The second-order valence-corrected chi connectivity index (χ2v) is 8.78. The summed E-state index contributed by atoms with van der Waals surface area (Å²) in [5.74, 6) is 0.198. The van der Waals surface area contributed by atoms with Crippen molar-refractivity contribution in [1.29, 1.82) is 0 Å². The molecule has 0 saturated carbocycles. The molecular formula is C22H21ClFNO4S. The quantitative estimate of drug-likeness (QED) is 0.481. The lowest BCUT2D eigenvalue weighted by molar-refractivity contribution is 0.355. The standard InChI is InChI=1S/C22H21ClFNO4S/c1-15(16-7-9-17(23)10-8-16)25(19-11-12-21(28-2)22(14-19)29-3)30(26,27)20-6-4-5-18(24)13-20/h4-15H,1-3H3. The van der Waals surface area contributed by atoms with Gasteiger partial charge in [0.05, 0.1) is 30.8 Å². The van der Waals surface area contributed by atoms with Crippen molar-refractivity contribution in [2.24, 2.45) is 0 Å². The Kier molecular flexibility index (Phi) is 6.53. The highest BCUT2D eigenvalue weighted by atomic mass is 35.5. The number of benzene rings is 3. The van der Waals surface area contributed by atoms with Gasteiger partial charge >= 0.3 is 0 Å². The van der Waals surface area contributed by atoms with E-state index in [1.165, 1.54) is 36.7 Å². The van der Waals surface area contributed by atoms with E-state index in [2.05, 4.69) is 0 Å². The van der Waals surface area contributed by atoms with Crippen molar-refractivity contribution in [2.75, 3.05) is 18.5 Å². The van der Waals surface area contributed by atoms with Crippen LogP contribution in [0.2, 0.25) is 5.02 Å². The summed E-state index contributed by atoms with van der Waals surface area (Å²) in [5, 5.41) is 0.539. The lowest BCUT2D eigenvalue weighted by Crippen LogP contribution is -2.33. The third kappa shape index (κ3) is 4.37. The van der Waals surface area contributed by atoms with Gasteiger partial charge in [0.2, 0.25) is 0 Å². The van der Waals surface area contributed by atoms with Gasteiger partial charge in [-0.1, -0.05) is 29.8 Å². The maximum Gasteiger partial charge on any atom is 0.264 e. The van der Waals surface area contributed by atoms with Crippen LogP contribution in [0.15, 0.2) is 71.6 Å². The Balaban J connectivity index is 2.19. The Morgan fingerprint density at radius 3 is 2.20 bits per heavy atom. The average molecular weight is 450 g/mol. The van der Waals surface area contributed by atoms with Crippen LogP contribution >= 0.6 is 11.6 Å². The van der Waals surface area contributed by atoms with Gasteiger partial charge in [0, 0.05) is 11.1 Å². The van der Waals surface area contributed by atoms with Crippen molar-refractivity contribution in [3.05, 3.63) is 83.1 Å². The molecule has 0 aliphatic rings. The van der Waals surface area contributed by atoms with Gasteiger partial charge in [-0.25, -0.2) is 12.8 Å². The Bertz CT molecular complexity index is 1140. The number of methoxy groups -OCH3 is 2. The van der Waals surface area contributed by atoms with Gasteiger partial charge in [0.1, 0.15) is 5.82 Å². The number of halogens is 2. The maximum absolute atomic E-state index is 13.8. The van der Waals surface area contributed by atoms with E-state index in [0.29, 0.717) is 27.8 Å². The summed E-state index contributed by atoms with van der Waals surface area (Å²) in [6.07, 6.45) is 0. The van der Waals surface area contributed by atoms with Crippen LogP contribution in [0.25, 0.3) is 0 Å². The molecule has 0 spiro atoms. The molecule has 8 heteroatoms. The smallest absolute Gasteiger partial charge is 0.264 e. The lowest BCUT2D eigenvalue weighted by Gasteiger charge is -2.31. The predicted molar refractivity (Wildman–Crippen MR) is 115 cm³/mol. The first kappa shape index (κ1) is 21.9. The summed E-state index contributed by atoms with van der Waals surface area (Å²) in [4.78, 5) is -0.155. The first-order valence-corrected chi connectivity index (χ1v) is 10.9. The molecule has 0 radical (unpaired) electrons. The van der Waals surface area contributed by atoms with Crippen molar-refractivity contribution >= 4 is 27.3 Å². The average Bonchev–Trinajstić information content (AvgIpc) is 2.74. The Morgan fingerprint density at radius 1 is 0.933 bits per heavy atom. The summed E-state index contributed by atoms with van der Waals surface area (Å²) < 4.78 is 52.8. The normalized spacial score (nSPS) is 12.3. The number of anilines is 1. The van der Waals surface area contributed by atoms with Crippen LogP contribution in [0, 0.1) is 5.82 Å². The minimum absolute atomic E-state index is 0.155. The number of nitrogens with zero attached hydrogens (tertiary/aromatic N) is 1. The van der Waals surface area contributed by atoms with E-state index >= 15 is 0 Å². The van der Waals surface area contributed by atoms with Gasteiger partial charge in [-0.05, 0) is 55.0 Å². The fraction of sp³-hybridized carbons (Fsp3) is 0.182. The fourth-order valence-corrected chi connectivity index (χ4v) is 4.94. The van der Waals surface area contributed by atoms with E-state index in [0.717, 1.165) is 6.07 Å². The fourth-order valence-electron chi connectivity index (χ4n) is 3.15. The number of rotatable bonds is 7. The number of hydrogen-bond acceptors (Lipinski definition) is 4. The van der Waals surface area contributed by atoms with Crippen molar-refractivity contribution < 1.29 is 22.3 Å². The molecule has 0 saturated heterocycles. The molecule has 1 unspecified atom stereocenters. The lowest BCUT2D eigenvalue weighted by atomic mass is 10.1. The molecule has 158 valence electrons.